The van der Waals surface area contributed by atoms with E-state index >= 15 is 0 Å². The van der Waals surface area contributed by atoms with Crippen LogP contribution < -0.4 is 0 Å². The van der Waals surface area contributed by atoms with E-state index in [1.165, 1.54) is 4.90 Å². The van der Waals surface area contributed by atoms with E-state index in [9.17, 15) is 22.4 Å². The van der Waals surface area contributed by atoms with E-state index in [0.717, 1.165) is 38.2 Å². The summed E-state index contributed by atoms with van der Waals surface area (Å²) in [5.74, 6) is -2.34. The lowest BCUT2D eigenvalue weighted by molar-refractivity contribution is -0.143. The van der Waals surface area contributed by atoms with Crippen LogP contribution in [0, 0.1) is 17.1 Å². The van der Waals surface area contributed by atoms with E-state index in [1.54, 1.807) is 0 Å². The number of nitriles is 1. The predicted octanol–water partition coefficient (Wildman–Crippen LogP) is 4.03. The highest BCUT2D eigenvalue weighted by atomic mass is 127. The quantitative estimate of drug-likeness (QED) is 0.341. The number of amides is 1. The maximum Gasteiger partial charge on any atom is 0.436 e. The van der Waals surface area contributed by atoms with Crippen LogP contribution in [-0.4, -0.2) is 56.3 Å². The average molecular weight is 524 g/mol. The van der Waals surface area contributed by atoms with Gasteiger partial charge in [-0.15, -0.1) is 0 Å². The van der Waals surface area contributed by atoms with Gasteiger partial charge in [0.15, 0.2) is 11.5 Å². The highest BCUT2D eigenvalue weighted by Gasteiger charge is 2.39. The summed E-state index contributed by atoms with van der Waals surface area (Å²) >= 11 is 2.38. The van der Waals surface area contributed by atoms with Crippen molar-refractivity contribution in [2.45, 2.75) is 47.7 Å². The summed E-state index contributed by atoms with van der Waals surface area (Å²) in [6.45, 7) is 2.52. The van der Waals surface area contributed by atoms with Gasteiger partial charge in [0.25, 0.3) is 5.91 Å². The molecule has 0 radical (unpaired) electrons. The molecule has 0 bridgehead atoms. The molecule has 2 saturated heterocycles. The Morgan fingerprint density at radius 3 is 2.45 bits per heavy atom. The molecule has 3 rings (SSSR count). The van der Waals surface area contributed by atoms with Crippen LogP contribution in [0.5, 0.6) is 0 Å². The molecule has 0 aromatic carbocycles. The van der Waals surface area contributed by atoms with Crippen molar-refractivity contribution in [2.24, 2.45) is 0 Å². The summed E-state index contributed by atoms with van der Waals surface area (Å²) in [7, 11) is 0. The standard InChI is InChI=1S/C19H21F4IN4O/c20-15-14(1-8-26-16(15)19(21,22)23)17(29)28-9-2-13(3-10-28)27-11-5-18(24,4-7-25)6-12-27/h1,8,13H,2-6,9-12H2. The van der Waals surface area contributed by atoms with Gasteiger partial charge in [-0.25, -0.2) is 9.37 Å². The van der Waals surface area contributed by atoms with E-state index in [2.05, 4.69) is 38.5 Å². The van der Waals surface area contributed by atoms with Crippen LogP contribution >= 0.6 is 22.6 Å². The highest BCUT2D eigenvalue weighted by molar-refractivity contribution is 14.1. The Kier molecular flexibility index (Phi) is 6.67. The molecule has 0 aliphatic carbocycles. The van der Waals surface area contributed by atoms with E-state index in [4.69, 9.17) is 5.26 Å². The lowest BCUT2D eigenvalue weighted by atomic mass is 9.91. The summed E-state index contributed by atoms with van der Waals surface area (Å²) in [6, 6.07) is 3.53. The van der Waals surface area contributed by atoms with Gasteiger partial charge < -0.3 is 9.80 Å². The van der Waals surface area contributed by atoms with Gasteiger partial charge in [-0.1, -0.05) is 22.6 Å². The van der Waals surface area contributed by atoms with E-state index in [1.807, 2.05) is 0 Å². The maximum absolute atomic E-state index is 14.2. The van der Waals surface area contributed by atoms with Crippen molar-refractivity contribution < 1.29 is 22.4 Å². The maximum atomic E-state index is 14.2. The smallest absolute Gasteiger partial charge is 0.338 e. The molecular weight excluding hydrogens is 503 g/mol. The zero-order valence-corrected chi connectivity index (χ0v) is 17.8. The number of pyridine rings is 1. The summed E-state index contributed by atoms with van der Waals surface area (Å²) in [5, 5.41) is 8.96. The van der Waals surface area contributed by atoms with Crippen molar-refractivity contribution in [1.82, 2.24) is 14.8 Å². The molecule has 3 heterocycles. The van der Waals surface area contributed by atoms with Gasteiger partial charge in [0.2, 0.25) is 0 Å². The van der Waals surface area contributed by atoms with Gasteiger partial charge in [-0.2, -0.15) is 18.4 Å². The van der Waals surface area contributed by atoms with Gasteiger partial charge in [0.1, 0.15) is 0 Å². The van der Waals surface area contributed by atoms with Crippen molar-refractivity contribution in [3.8, 4) is 6.07 Å². The second-order valence-corrected chi connectivity index (χ2v) is 9.85. The fourth-order valence-electron chi connectivity index (χ4n) is 4.02. The monoisotopic (exact) mass is 524 g/mol. The van der Waals surface area contributed by atoms with Crippen LogP contribution in [0.2, 0.25) is 0 Å². The molecule has 1 amide bonds. The van der Waals surface area contributed by atoms with Crippen molar-refractivity contribution >= 4 is 28.5 Å². The molecule has 158 valence electrons. The van der Waals surface area contributed by atoms with Crippen LogP contribution in [0.25, 0.3) is 0 Å². The minimum absolute atomic E-state index is 0.0226. The van der Waals surface area contributed by atoms with Crippen LogP contribution in [0.15, 0.2) is 12.3 Å². The molecule has 10 heteroatoms. The topological polar surface area (TPSA) is 60.2 Å². The first-order valence-electron chi connectivity index (χ1n) is 9.45. The highest BCUT2D eigenvalue weighted by Crippen LogP contribution is 2.36. The van der Waals surface area contributed by atoms with E-state index in [0.29, 0.717) is 32.4 Å². The van der Waals surface area contributed by atoms with Gasteiger partial charge in [0, 0.05) is 35.2 Å². The Morgan fingerprint density at radius 1 is 1.28 bits per heavy atom. The Morgan fingerprint density at radius 2 is 1.90 bits per heavy atom. The number of likely N-dealkylation sites (tertiary alicyclic amines) is 2. The fourth-order valence-corrected chi connectivity index (χ4v) is 4.67. The zero-order valence-electron chi connectivity index (χ0n) is 15.7. The number of rotatable bonds is 3. The Hall–Kier alpha value is -1.48. The predicted molar refractivity (Wildman–Crippen MR) is 106 cm³/mol. The first-order valence-corrected chi connectivity index (χ1v) is 10.5. The number of aromatic nitrogens is 1. The van der Waals surface area contributed by atoms with Gasteiger partial charge >= 0.3 is 6.18 Å². The summed E-state index contributed by atoms with van der Waals surface area (Å²) < 4.78 is 52.8. The third-order valence-electron chi connectivity index (χ3n) is 5.75. The van der Waals surface area contributed by atoms with Crippen molar-refractivity contribution in [3.63, 3.8) is 0 Å². The Balaban J connectivity index is 1.59. The molecule has 0 unspecified atom stereocenters. The van der Waals surface area contributed by atoms with Crippen molar-refractivity contribution in [2.75, 3.05) is 26.2 Å². The number of halogens is 5. The second kappa shape index (κ2) is 8.71. The van der Waals surface area contributed by atoms with E-state index < -0.39 is 29.2 Å². The molecule has 1 aromatic heterocycles. The number of carbonyl (C=O) groups is 1. The minimum atomic E-state index is -4.94. The summed E-state index contributed by atoms with van der Waals surface area (Å²) in [5.41, 5.74) is -2.25. The van der Waals surface area contributed by atoms with Crippen LogP contribution in [0.1, 0.15) is 48.2 Å². The molecule has 29 heavy (non-hydrogen) atoms. The second-order valence-electron chi connectivity index (χ2n) is 7.56. The summed E-state index contributed by atoms with van der Waals surface area (Å²) in [6.07, 6.45) is -0.344. The third-order valence-corrected chi connectivity index (χ3v) is 7.21. The fraction of sp³-hybridized carbons (Fsp3) is 0.632. The average Bonchev–Trinajstić information content (AvgIpc) is 2.67. The van der Waals surface area contributed by atoms with Crippen molar-refractivity contribution in [1.29, 1.82) is 5.26 Å². The molecule has 0 N–H and O–H groups in total. The van der Waals surface area contributed by atoms with Gasteiger partial charge in [-0.3, -0.25) is 4.79 Å². The SMILES string of the molecule is N#CCC1(I)CCN(C2CCN(C(=O)c3ccnc(C(F)(F)F)c3F)CC2)CC1. The number of hydrogen-bond acceptors (Lipinski definition) is 4. The molecule has 0 spiro atoms. The normalized spacial score (nSPS) is 21.0. The molecule has 2 fully saturated rings. The Bertz CT molecular complexity index is 794. The molecule has 5 nitrogen and oxygen atoms in total. The first kappa shape index (κ1) is 22.2. The van der Waals surface area contributed by atoms with E-state index in [-0.39, 0.29) is 9.46 Å². The molecule has 2 aliphatic heterocycles. The number of alkyl halides is 4. The molecular formula is C19H21F4IN4O. The first-order chi connectivity index (χ1) is 13.6. The van der Waals surface area contributed by atoms with Crippen molar-refractivity contribution in [3.05, 3.63) is 29.3 Å². The number of carbonyl (C=O) groups excluding carboxylic acids is 1. The molecule has 0 atom stereocenters. The summed E-state index contributed by atoms with van der Waals surface area (Å²) in [4.78, 5) is 19.4. The molecule has 0 saturated carbocycles. The van der Waals surface area contributed by atoms with Crippen LogP contribution in [-0.2, 0) is 6.18 Å². The van der Waals surface area contributed by atoms with Gasteiger partial charge in [-0.05, 0) is 44.8 Å². The zero-order chi connectivity index (χ0) is 21.2. The lowest BCUT2D eigenvalue weighted by Crippen LogP contribution is -2.51. The largest absolute Gasteiger partial charge is 0.436 e. The lowest BCUT2D eigenvalue weighted by Gasteiger charge is -2.43. The van der Waals surface area contributed by atoms with Crippen LogP contribution in [0.4, 0.5) is 17.6 Å². The molecule has 2 aliphatic rings. The number of piperidine rings is 2. The molecule has 1 aromatic rings. The number of hydrogen-bond donors (Lipinski definition) is 0. The number of nitrogens with zero attached hydrogens (tertiary/aromatic N) is 4. The third kappa shape index (κ3) is 4.99. The minimum Gasteiger partial charge on any atom is -0.338 e. The Labute approximate surface area is 180 Å². The van der Waals surface area contributed by atoms with Gasteiger partial charge in [0.05, 0.1) is 11.6 Å². The van der Waals surface area contributed by atoms with Crippen LogP contribution in [0.3, 0.4) is 0 Å².